The Kier molecular flexibility index (Phi) is 6.77. The smallest absolute Gasteiger partial charge is 0.387 e. The molecule has 1 rings (SSSR count). The first-order valence-corrected chi connectivity index (χ1v) is 6.56. The Morgan fingerprint density at radius 3 is 2.50 bits per heavy atom. The number of alkyl halides is 2. The van der Waals surface area contributed by atoms with Crippen molar-refractivity contribution < 1.29 is 32.6 Å². The maximum absolute atomic E-state index is 12.4. The van der Waals surface area contributed by atoms with Gasteiger partial charge in [-0.1, -0.05) is 15.9 Å². The van der Waals surface area contributed by atoms with Crippen molar-refractivity contribution in [3.63, 3.8) is 0 Å². The molecule has 0 radical (unpaired) electrons. The Bertz CT molecular complexity index is 592. The zero-order valence-electron chi connectivity index (χ0n) is 11.6. The second-order valence-corrected chi connectivity index (χ2v) is 4.63. The molecule has 1 aromatic rings. The Labute approximate surface area is 133 Å². The largest absolute Gasteiger partial charge is 0.466 e. The molecule has 120 valence electrons. The van der Waals surface area contributed by atoms with Gasteiger partial charge in [0.1, 0.15) is 5.70 Å². The van der Waals surface area contributed by atoms with E-state index < -0.39 is 18.6 Å². The molecule has 0 atom stereocenters. The van der Waals surface area contributed by atoms with Gasteiger partial charge in [-0.3, -0.25) is 0 Å². The first kappa shape index (κ1) is 17.9. The summed E-state index contributed by atoms with van der Waals surface area (Å²) in [7, 11) is 2.23. The van der Waals surface area contributed by atoms with Crippen LogP contribution in [0.2, 0.25) is 0 Å². The number of rotatable bonds is 6. The number of hydrogen-bond donors (Lipinski definition) is 1. The Morgan fingerprint density at radius 2 is 1.95 bits per heavy atom. The van der Waals surface area contributed by atoms with E-state index >= 15 is 0 Å². The minimum absolute atomic E-state index is 0.0454. The molecule has 22 heavy (non-hydrogen) atoms. The normalized spacial score (nSPS) is 11.1. The summed E-state index contributed by atoms with van der Waals surface area (Å²) in [6, 6.07) is 4.20. The number of hydrogen-bond acceptors (Lipinski definition) is 6. The molecule has 0 heterocycles. The second-order valence-electron chi connectivity index (χ2n) is 3.72. The van der Waals surface area contributed by atoms with E-state index in [2.05, 4.69) is 35.5 Å². The van der Waals surface area contributed by atoms with Gasteiger partial charge in [-0.25, -0.2) is 9.59 Å². The number of halogens is 3. The van der Waals surface area contributed by atoms with Gasteiger partial charge in [0, 0.05) is 4.47 Å². The van der Waals surface area contributed by atoms with Crippen molar-refractivity contribution in [1.82, 2.24) is 0 Å². The van der Waals surface area contributed by atoms with Gasteiger partial charge in [0.15, 0.2) is 5.75 Å². The molecule has 1 N–H and O–H groups in total. The minimum atomic E-state index is -3.05. The van der Waals surface area contributed by atoms with Crippen LogP contribution in [-0.2, 0) is 19.1 Å². The SMILES string of the molecule is COC(=O)/C=C(/Nc1ccc(Br)cc1OC(F)F)C(=O)OC. The van der Waals surface area contributed by atoms with E-state index in [9.17, 15) is 18.4 Å². The molecule has 0 aliphatic carbocycles. The summed E-state index contributed by atoms with van der Waals surface area (Å²) in [6.07, 6.45) is 0.833. The highest BCUT2D eigenvalue weighted by molar-refractivity contribution is 9.10. The fraction of sp³-hybridized carbons (Fsp3) is 0.231. The molecule has 0 saturated carbocycles. The topological polar surface area (TPSA) is 73.9 Å². The van der Waals surface area contributed by atoms with Crippen LogP contribution in [0.4, 0.5) is 14.5 Å². The van der Waals surface area contributed by atoms with Crippen molar-refractivity contribution in [1.29, 1.82) is 0 Å². The van der Waals surface area contributed by atoms with E-state index in [-0.39, 0.29) is 17.1 Å². The molecule has 0 bridgehead atoms. The van der Waals surface area contributed by atoms with Crippen molar-refractivity contribution in [3.8, 4) is 5.75 Å². The number of ether oxygens (including phenoxy) is 3. The maximum atomic E-state index is 12.4. The lowest BCUT2D eigenvalue weighted by Crippen LogP contribution is -2.16. The predicted molar refractivity (Wildman–Crippen MR) is 76.5 cm³/mol. The third-order valence-electron chi connectivity index (χ3n) is 2.30. The number of esters is 2. The third kappa shape index (κ3) is 5.32. The Balaban J connectivity index is 3.15. The summed E-state index contributed by atoms with van der Waals surface area (Å²) < 4.78 is 38.6. The average Bonchev–Trinajstić information content (AvgIpc) is 2.47. The zero-order chi connectivity index (χ0) is 16.7. The van der Waals surface area contributed by atoms with Crippen LogP contribution in [0.15, 0.2) is 34.4 Å². The fourth-order valence-electron chi connectivity index (χ4n) is 1.37. The van der Waals surface area contributed by atoms with Gasteiger partial charge in [0.05, 0.1) is 26.0 Å². The van der Waals surface area contributed by atoms with Gasteiger partial charge in [0.25, 0.3) is 0 Å². The summed E-state index contributed by atoms with van der Waals surface area (Å²) in [5, 5.41) is 2.50. The van der Waals surface area contributed by atoms with Crippen molar-refractivity contribution >= 4 is 33.6 Å². The summed E-state index contributed by atoms with van der Waals surface area (Å²) in [5.41, 5.74) is -0.250. The molecule has 0 aliphatic rings. The third-order valence-corrected chi connectivity index (χ3v) is 2.79. The monoisotopic (exact) mass is 379 g/mol. The predicted octanol–water partition coefficient (Wildman–Crippen LogP) is 2.69. The van der Waals surface area contributed by atoms with Crippen molar-refractivity contribution in [2.24, 2.45) is 0 Å². The molecular formula is C13H12BrF2NO5. The molecule has 0 amide bonds. The standard InChI is InChI=1S/C13H12BrF2NO5/c1-20-11(18)6-9(12(19)21-2)17-8-4-3-7(14)5-10(8)22-13(15)16/h3-6,13,17H,1-2H3/b9-6+. The number of carbonyl (C=O) groups is 2. The summed E-state index contributed by atoms with van der Waals surface area (Å²) in [4.78, 5) is 22.9. The van der Waals surface area contributed by atoms with E-state index in [1.807, 2.05) is 0 Å². The van der Waals surface area contributed by atoms with Crippen LogP contribution >= 0.6 is 15.9 Å². The van der Waals surface area contributed by atoms with Crippen LogP contribution in [0.3, 0.4) is 0 Å². The quantitative estimate of drug-likeness (QED) is 0.605. The van der Waals surface area contributed by atoms with Gasteiger partial charge in [-0.05, 0) is 18.2 Å². The highest BCUT2D eigenvalue weighted by Crippen LogP contribution is 2.30. The average molecular weight is 380 g/mol. The van der Waals surface area contributed by atoms with Gasteiger partial charge in [-0.2, -0.15) is 8.78 Å². The molecule has 0 aliphatic heterocycles. The second kappa shape index (κ2) is 8.32. The summed E-state index contributed by atoms with van der Waals surface area (Å²) in [5.74, 6) is -1.92. The van der Waals surface area contributed by atoms with E-state index in [0.717, 1.165) is 20.3 Å². The van der Waals surface area contributed by atoms with E-state index in [0.29, 0.717) is 4.47 Å². The number of nitrogens with one attached hydrogen (secondary N) is 1. The number of carbonyl (C=O) groups excluding carboxylic acids is 2. The van der Waals surface area contributed by atoms with Crippen LogP contribution in [-0.4, -0.2) is 32.8 Å². The summed E-state index contributed by atoms with van der Waals surface area (Å²) in [6.45, 7) is -3.05. The van der Waals surface area contributed by atoms with Gasteiger partial charge in [0.2, 0.25) is 0 Å². The Hall–Kier alpha value is -2.16. The molecule has 0 saturated heterocycles. The maximum Gasteiger partial charge on any atom is 0.387 e. The molecule has 1 aromatic carbocycles. The van der Waals surface area contributed by atoms with Crippen molar-refractivity contribution in [2.75, 3.05) is 19.5 Å². The molecule has 0 unspecified atom stereocenters. The lowest BCUT2D eigenvalue weighted by atomic mass is 10.2. The number of anilines is 1. The van der Waals surface area contributed by atoms with Crippen LogP contribution in [0.5, 0.6) is 5.75 Å². The van der Waals surface area contributed by atoms with Gasteiger partial charge >= 0.3 is 18.6 Å². The first-order valence-electron chi connectivity index (χ1n) is 5.76. The Morgan fingerprint density at radius 1 is 1.27 bits per heavy atom. The lowest BCUT2D eigenvalue weighted by molar-refractivity contribution is -0.138. The van der Waals surface area contributed by atoms with E-state index in [4.69, 9.17) is 0 Å². The lowest BCUT2D eigenvalue weighted by Gasteiger charge is -2.14. The van der Waals surface area contributed by atoms with Crippen LogP contribution in [0, 0.1) is 0 Å². The number of methoxy groups -OCH3 is 2. The molecule has 0 aromatic heterocycles. The van der Waals surface area contributed by atoms with Crippen LogP contribution in [0.25, 0.3) is 0 Å². The number of benzene rings is 1. The molecule has 0 spiro atoms. The first-order chi connectivity index (χ1) is 10.4. The highest BCUT2D eigenvalue weighted by atomic mass is 79.9. The zero-order valence-corrected chi connectivity index (χ0v) is 13.1. The van der Waals surface area contributed by atoms with E-state index in [1.165, 1.54) is 18.2 Å². The molecular weight excluding hydrogens is 368 g/mol. The minimum Gasteiger partial charge on any atom is -0.466 e. The fourth-order valence-corrected chi connectivity index (χ4v) is 1.71. The van der Waals surface area contributed by atoms with Crippen LogP contribution in [0.1, 0.15) is 0 Å². The van der Waals surface area contributed by atoms with Crippen LogP contribution < -0.4 is 10.1 Å². The van der Waals surface area contributed by atoms with E-state index in [1.54, 1.807) is 0 Å². The summed E-state index contributed by atoms with van der Waals surface area (Å²) >= 11 is 3.11. The van der Waals surface area contributed by atoms with Gasteiger partial charge < -0.3 is 19.5 Å². The van der Waals surface area contributed by atoms with Crippen molar-refractivity contribution in [2.45, 2.75) is 6.61 Å². The molecule has 9 heteroatoms. The molecule has 0 fully saturated rings. The van der Waals surface area contributed by atoms with Gasteiger partial charge in [-0.15, -0.1) is 0 Å². The van der Waals surface area contributed by atoms with Crippen molar-refractivity contribution in [3.05, 3.63) is 34.4 Å². The molecule has 6 nitrogen and oxygen atoms in total. The highest BCUT2D eigenvalue weighted by Gasteiger charge is 2.17.